The molecule has 4 aliphatic heterocycles. The Labute approximate surface area is 601 Å². The second-order valence-corrected chi connectivity index (χ2v) is 31.2. The first-order chi connectivity index (χ1) is 49.5. The number of aliphatic hydroxyl groups is 2. The Hall–Kier alpha value is -8.42. The zero-order valence-electron chi connectivity index (χ0n) is 55.7. The second-order valence-electron chi connectivity index (χ2n) is 25.7. The van der Waals surface area contributed by atoms with Crippen LogP contribution in [-0.4, -0.2) is 171 Å². The molecule has 12 rings (SSSR count). The van der Waals surface area contributed by atoms with Gasteiger partial charge in [-0.2, -0.15) is 9.97 Å². The predicted molar refractivity (Wildman–Crippen MR) is 379 cm³/mol. The minimum atomic E-state index is -4.39. The van der Waals surface area contributed by atoms with Crippen LogP contribution < -0.4 is 37.6 Å². The Morgan fingerprint density at radius 3 is 2.20 bits per heavy atom. The van der Waals surface area contributed by atoms with Crippen LogP contribution in [0.5, 0.6) is 0 Å². The minimum absolute atomic E-state index is 0.0241. The number of nitrogens with one attached hydrogen (secondary N) is 4. The average Bonchev–Trinajstić information content (AvgIpc) is 1.61. The van der Waals surface area contributed by atoms with Crippen molar-refractivity contribution in [1.29, 1.82) is 0 Å². The van der Waals surface area contributed by atoms with E-state index in [0.29, 0.717) is 35.3 Å². The molecule has 5 amide bonds. The standard InChI is InChI=1S/C68H78N14O17P2S2/c69-52(85)21-11-9-19-48(77-64(90)44(30-39-12-2-1-3-13-39)31-46(84)32-73-53(86)26-24-45(83)25-27-54(87)80-33-42-16-5-4-14-40(42)22-23-41-15-7-10-20-49(41)80)65(91)71-28-29-72-68-78-61(70)56-63(79-68)82(38-76-56)67-60-57(88)50(96-67)35-94-100(92,102)98-59-51(36-95-101(93,103)99-60)97-66(58(59)89)81-34-43-17-6-8-18-47-55(43)62(81)75-37-74-47/h1-5,7,10,12-16,20,34,37-38,44,48,50-51,57-60,66-67,88-89H,6,8-9,11,17-19,21,24-33,35-36H2,(H2,69,85)(H,71,91)(H,73,86)(H,77,90)(H,92,102)(H,93,103)(H3,70,72,78,79)/t44-,48+,50-,51-,57-,58-,59-,60-,66-,67-,100?,101?/m1/s1. The van der Waals surface area contributed by atoms with Crippen molar-refractivity contribution in [1.82, 2.24) is 50.0 Å². The number of para-hydroxylation sites is 1. The van der Waals surface area contributed by atoms with Crippen molar-refractivity contribution in [3.05, 3.63) is 131 Å². The lowest BCUT2D eigenvalue weighted by Crippen LogP contribution is -2.50. The van der Waals surface area contributed by atoms with Crippen molar-refractivity contribution in [2.45, 2.75) is 152 Å². The van der Waals surface area contributed by atoms with E-state index >= 15 is 0 Å². The zero-order chi connectivity index (χ0) is 72.5. The van der Waals surface area contributed by atoms with Crippen molar-refractivity contribution < 1.29 is 81.1 Å². The van der Waals surface area contributed by atoms with Crippen LogP contribution in [0, 0.1) is 17.8 Å². The van der Waals surface area contributed by atoms with Crippen molar-refractivity contribution in [3.63, 3.8) is 0 Å². The molecule has 3 fully saturated rings. The first kappa shape index (κ1) is 74.3. The molecule has 35 heteroatoms. The highest BCUT2D eigenvalue weighted by Crippen LogP contribution is 2.54. The van der Waals surface area contributed by atoms with Crippen LogP contribution >= 0.6 is 13.4 Å². The number of aliphatic hydroxyl groups excluding tert-OH is 2. The monoisotopic (exact) mass is 1490 g/mol. The Morgan fingerprint density at radius 1 is 0.699 bits per heavy atom. The minimum Gasteiger partial charge on any atom is -0.387 e. The van der Waals surface area contributed by atoms with Crippen molar-refractivity contribution in [2.75, 3.05) is 48.8 Å². The lowest BCUT2D eigenvalue weighted by atomic mass is 9.92. The number of imidazole rings is 1. The summed E-state index contributed by atoms with van der Waals surface area (Å²) in [5.41, 5.74) is 18.0. The van der Waals surface area contributed by atoms with Gasteiger partial charge in [-0.15, -0.1) is 0 Å². The van der Waals surface area contributed by atoms with Gasteiger partial charge < -0.3 is 80.7 Å². The van der Waals surface area contributed by atoms with E-state index in [2.05, 4.69) is 58.0 Å². The van der Waals surface area contributed by atoms with Crippen LogP contribution in [0.4, 0.5) is 17.5 Å². The number of amides is 5. The molecule has 3 aromatic carbocycles. The summed E-state index contributed by atoms with van der Waals surface area (Å²) in [7, 11) is 0. The molecule has 103 heavy (non-hydrogen) atoms. The summed E-state index contributed by atoms with van der Waals surface area (Å²) in [6, 6.07) is 22.6. The molecule has 1 aliphatic carbocycles. The van der Waals surface area contributed by atoms with E-state index in [4.69, 9.17) is 62.6 Å². The fraction of sp³-hybridized carbons (Fsp3) is 0.441. The third-order valence-electron chi connectivity index (χ3n) is 18.4. The highest BCUT2D eigenvalue weighted by molar-refractivity contribution is 8.07. The van der Waals surface area contributed by atoms with Gasteiger partial charge in [0.05, 0.1) is 44.0 Å². The molecule has 0 saturated carbocycles. The van der Waals surface area contributed by atoms with Gasteiger partial charge in [0.15, 0.2) is 29.7 Å². The number of Topliss-reactive ketones (excluding diaryl/α,β-unsaturated/α-hetero) is 2. The van der Waals surface area contributed by atoms with Crippen LogP contribution in [0.3, 0.4) is 0 Å². The SMILES string of the molecule is NC(=O)CCCC[C@H](NC(=O)[C@@H](CC(=O)CNC(=O)CCC(=O)CCC(=O)N1Cc2ccccc2C#Cc2ccccc21)Cc1ccccc1)C(=O)NCCNc1nc(N)c2ncn([C@@H]3O[C@@H]4COP(O)(=S)O[C@H]5[C@@H](O)[C@H](n6cc7c8c(ncnc86)CCCC7)O[C@@H]5COP(O)(=S)O[C@@H]3[C@@H]4O)c2n1. The fourth-order valence-electron chi connectivity index (χ4n) is 13.2. The quantitative estimate of drug-likeness (QED) is 0.0210. The van der Waals surface area contributed by atoms with Gasteiger partial charge in [-0.25, -0.2) is 15.0 Å². The Bertz CT molecular complexity index is 4520. The van der Waals surface area contributed by atoms with Gasteiger partial charge >= 0.3 is 13.4 Å². The van der Waals surface area contributed by atoms with E-state index in [9.17, 15) is 53.6 Å². The number of unbranched alkanes of at least 4 members (excludes halogenated alkanes) is 1. The number of hydrogen-bond donors (Lipinski definition) is 10. The molecule has 8 heterocycles. The van der Waals surface area contributed by atoms with Crippen molar-refractivity contribution in [3.8, 4) is 11.8 Å². The number of anilines is 3. The van der Waals surface area contributed by atoms with Crippen molar-refractivity contribution >= 4 is 118 Å². The maximum Gasteiger partial charge on any atom is 0.325 e. The average molecular weight is 1490 g/mol. The number of benzene rings is 3. The van der Waals surface area contributed by atoms with Crippen LogP contribution in [0.1, 0.15) is 117 Å². The molecule has 4 aromatic heterocycles. The van der Waals surface area contributed by atoms with Gasteiger partial charge in [0.25, 0.3) is 0 Å². The number of hydrogen-bond acceptors (Lipinski definition) is 24. The number of nitrogens with zero attached hydrogens (tertiary/aromatic N) is 8. The number of aryl methyl sites for hydroxylation is 2. The molecule has 31 nitrogen and oxygen atoms in total. The van der Waals surface area contributed by atoms with Gasteiger partial charge in [0.1, 0.15) is 65.9 Å². The molecule has 5 aliphatic rings. The molecule has 544 valence electrons. The summed E-state index contributed by atoms with van der Waals surface area (Å²) in [6.07, 6.45) is -3.43. The first-order valence-electron chi connectivity index (χ1n) is 33.8. The zero-order valence-corrected chi connectivity index (χ0v) is 59.1. The lowest BCUT2D eigenvalue weighted by Gasteiger charge is -2.28. The van der Waals surface area contributed by atoms with Gasteiger partial charge in [-0.3, -0.25) is 47.2 Å². The van der Waals surface area contributed by atoms with E-state index in [1.807, 2.05) is 54.7 Å². The van der Waals surface area contributed by atoms with E-state index in [0.717, 1.165) is 53.5 Å². The number of fused-ring (bicyclic) bond motifs is 6. The predicted octanol–water partition coefficient (Wildman–Crippen LogP) is 3.57. The van der Waals surface area contributed by atoms with Crippen LogP contribution in [0.2, 0.25) is 0 Å². The molecule has 3 saturated heterocycles. The van der Waals surface area contributed by atoms with E-state index < -0.39 is 124 Å². The Balaban J connectivity index is 0.654. The number of primary amides is 1. The molecule has 0 radical (unpaired) electrons. The Kier molecular flexibility index (Phi) is 23.9. The van der Waals surface area contributed by atoms with Crippen LogP contribution in [0.25, 0.3) is 22.2 Å². The van der Waals surface area contributed by atoms with Crippen LogP contribution in [0.15, 0.2) is 97.7 Å². The number of ether oxygens (including phenoxy) is 2. The highest BCUT2D eigenvalue weighted by atomic mass is 32.5. The molecule has 2 bridgehead atoms. The van der Waals surface area contributed by atoms with Crippen molar-refractivity contribution in [2.24, 2.45) is 11.7 Å². The van der Waals surface area contributed by atoms with Gasteiger partial charge in [-0.05, 0) is 103 Å². The van der Waals surface area contributed by atoms with E-state index in [1.54, 1.807) is 39.8 Å². The molecular weight excluding hydrogens is 1410 g/mol. The third kappa shape index (κ3) is 18.2. The third-order valence-corrected chi connectivity index (χ3v) is 21.5. The summed E-state index contributed by atoms with van der Waals surface area (Å²) in [5, 5.41) is 35.7. The summed E-state index contributed by atoms with van der Waals surface area (Å²) < 4.78 is 39.3. The maximum absolute atomic E-state index is 14.3. The normalized spacial score (nSPS) is 24.3. The Morgan fingerprint density at radius 2 is 1.41 bits per heavy atom. The molecule has 12 N–H and O–H groups in total. The fourth-order valence-corrected chi connectivity index (χ4v) is 16.0. The number of rotatable bonds is 26. The first-order valence-corrected chi connectivity index (χ1v) is 39.0. The molecule has 2 unspecified atom stereocenters. The molecule has 0 spiro atoms. The van der Waals surface area contributed by atoms with E-state index in [-0.39, 0.29) is 106 Å². The smallest absolute Gasteiger partial charge is 0.325 e. The second kappa shape index (κ2) is 33.1. The summed E-state index contributed by atoms with van der Waals surface area (Å²) in [4.78, 5) is 141. The van der Waals surface area contributed by atoms with Gasteiger partial charge in [0, 0.05) is 80.2 Å². The van der Waals surface area contributed by atoms with Gasteiger partial charge in [0.2, 0.25) is 35.5 Å². The number of nitrogen functional groups attached to an aromatic ring is 1. The largest absolute Gasteiger partial charge is 0.387 e. The maximum atomic E-state index is 14.3. The van der Waals surface area contributed by atoms with E-state index in [1.165, 1.54) is 17.2 Å². The number of ketones is 2. The topological polar surface area (TPSA) is 434 Å². The molecular formula is C68H78N14O17P2S2. The molecule has 7 aromatic rings. The number of nitrogens with two attached hydrogens (primary N) is 2. The number of carbonyl (C=O) groups excluding carboxylic acids is 7. The highest BCUT2D eigenvalue weighted by Gasteiger charge is 2.53. The lowest BCUT2D eigenvalue weighted by molar-refractivity contribution is -0.133. The summed E-state index contributed by atoms with van der Waals surface area (Å²) >= 11 is 11.0. The number of aromatic nitrogens is 7. The van der Waals surface area contributed by atoms with Crippen LogP contribution in [-0.2, 0) is 111 Å². The number of carbonyl (C=O) groups is 7. The van der Waals surface area contributed by atoms with Gasteiger partial charge in [-0.1, -0.05) is 78.9 Å². The molecule has 12 atom stereocenters. The summed E-state index contributed by atoms with van der Waals surface area (Å²) in [6.45, 7) is -10.1. The summed E-state index contributed by atoms with van der Waals surface area (Å²) in [5.74, 6) is 1.69.